The molecule has 0 spiro atoms. The van der Waals surface area contributed by atoms with E-state index in [2.05, 4.69) is 5.32 Å². The fourth-order valence-corrected chi connectivity index (χ4v) is 2.87. The van der Waals surface area contributed by atoms with Crippen LogP contribution < -0.4 is 5.32 Å². The number of nitrogens with one attached hydrogen (secondary N) is 1. The highest BCUT2D eigenvalue weighted by molar-refractivity contribution is 7.99. The SMILES string of the molecule is O=C(O)C1CCCN(C(=O)Nc2cccc(SC(F)F)c2)C1. The molecule has 1 fully saturated rings. The van der Waals surface area contributed by atoms with E-state index < -0.39 is 23.7 Å². The van der Waals surface area contributed by atoms with Crippen molar-refractivity contribution in [1.82, 2.24) is 4.90 Å². The Balaban J connectivity index is 1.98. The maximum absolute atomic E-state index is 12.3. The first-order valence-corrected chi connectivity index (χ1v) is 7.67. The number of hydrogen-bond donors (Lipinski definition) is 2. The summed E-state index contributed by atoms with van der Waals surface area (Å²) in [6.45, 7) is 0.647. The fourth-order valence-electron chi connectivity index (χ4n) is 2.32. The number of rotatable bonds is 4. The first kappa shape index (κ1) is 16.5. The van der Waals surface area contributed by atoms with Gasteiger partial charge in [-0.15, -0.1) is 0 Å². The summed E-state index contributed by atoms with van der Waals surface area (Å²) >= 11 is 0.404. The molecule has 1 aromatic carbocycles. The lowest BCUT2D eigenvalue weighted by Gasteiger charge is -2.30. The molecule has 1 saturated heterocycles. The van der Waals surface area contributed by atoms with Crippen molar-refractivity contribution in [3.05, 3.63) is 24.3 Å². The van der Waals surface area contributed by atoms with Gasteiger partial charge in [-0.3, -0.25) is 4.79 Å². The van der Waals surface area contributed by atoms with E-state index in [0.29, 0.717) is 41.7 Å². The van der Waals surface area contributed by atoms with Gasteiger partial charge in [0.05, 0.1) is 5.92 Å². The fraction of sp³-hybridized carbons (Fsp3) is 0.429. The second-order valence-electron chi connectivity index (χ2n) is 4.96. The van der Waals surface area contributed by atoms with Crippen molar-refractivity contribution >= 4 is 29.4 Å². The van der Waals surface area contributed by atoms with E-state index in [-0.39, 0.29) is 6.54 Å². The molecule has 0 saturated carbocycles. The Hall–Kier alpha value is -1.83. The third-order valence-electron chi connectivity index (χ3n) is 3.37. The number of hydrogen-bond acceptors (Lipinski definition) is 3. The highest BCUT2D eigenvalue weighted by Gasteiger charge is 2.28. The Labute approximate surface area is 130 Å². The number of carbonyl (C=O) groups is 2. The van der Waals surface area contributed by atoms with Crippen molar-refractivity contribution in [2.24, 2.45) is 5.92 Å². The van der Waals surface area contributed by atoms with Gasteiger partial charge in [-0.1, -0.05) is 17.8 Å². The summed E-state index contributed by atoms with van der Waals surface area (Å²) in [5.41, 5.74) is 0.410. The van der Waals surface area contributed by atoms with Gasteiger partial charge in [0.25, 0.3) is 5.76 Å². The molecule has 1 aliphatic heterocycles. The van der Waals surface area contributed by atoms with E-state index in [1.165, 1.54) is 17.0 Å². The molecule has 2 amide bonds. The average Bonchev–Trinajstić information content (AvgIpc) is 2.47. The predicted molar refractivity (Wildman–Crippen MR) is 79.3 cm³/mol. The predicted octanol–water partition coefficient (Wildman–Crippen LogP) is 3.33. The van der Waals surface area contributed by atoms with Crippen molar-refractivity contribution < 1.29 is 23.5 Å². The molecule has 1 aliphatic rings. The molecule has 0 aromatic heterocycles. The summed E-state index contributed by atoms with van der Waals surface area (Å²) in [6.07, 6.45) is 1.19. The van der Waals surface area contributed by atoms with Crippen LogP contribution in [0.15, 0.2) is 29.2 Å². The molecule has 1 atom stereocenters. The van der Waals surface area contributed by atoms with Crippen molar-refractivity contribution in [3.63, 3.8) is 0 Å². The third-order valence-corrected chi connectivity index (χ3v) is 4.07. The van der Waals surface area contributed by atoms with Crippen LogP contribution in [0.25, 0.3) is 0 Å². The highest BCUT2D eigenvalue weighted by atomic mass is 32.2. The maximum Gasteiger partial charge on any atom is 0.321 e. The van der Waals surface area contributed by atoms with Gasteiger partial charge in [0.15, 0.2) is 0 Å². The second kappa shape index (κ2) is 7.44. The highest BCUT2D eigenvalue weighted by Crippen LogP contribution is 2.27. The third kappa shape index (κ3) is 4.59. The summed E-state index contributed by atoms with van der Waals surface area (Å²) in [4.78, 5) is 24.9. The van der Waals surface area contributed by atoms with Crippen LogP contribution in [0.4, 0.5) is 19.3 Å². The molecule has 2 N–H and O–H groups in total. The van der Waals surface area contributed by atoms with Crippen molar-refractivity contribution in [1.29, 1.82) is 0 Å². The number of urea groups is 1. The number of carboxylic acid groups (broad SMARTS) is 1. The summed E-state index contributed by atoms with van der Waals surface area (Å²) in [5.74, 6) is -3.99. The van der Waals surface area contributed by atoms with E-state index >= 15 is 0 Å². The van der Waals surface area contributed by atoms with Crippen LogP contribution in [-0.2, 0) is 4.79 Å². The standard InChI is InChI=1S/C14H16F2N2O3S/c15-13(16)22-11-5-1-4-10(7-11)17-14(21)18-6-2-3-9(8-18)12(19)20/h1,4-5,7,9,13H,2-3,6,8H2,(H,17,21)(H,19,20). The second-order valence-corrected chi connectivity index (χ2v) is 6.02. The molecule has 1 aromatic rings. The number of amides is 2. The number of likely N-dealkylation sites (tertiary alicyclic amines) is 1. The molecule has 8 heteroatoms. The molecule has 0 aliphatic carbocycles. The molecule has 1 heterocycles. The van der Waals surface area contributed by atoms with E-state index in [9.17, 15) is 18.4 Å². The van der Waals surface area contributed by atoms with Gasteiger partial charge < -0.3 is 15.3 Å². The number of benzene rings is 1. The van der Waals surface area contributed by atoms with Gasteiger partial charge in [-0.2, -0.15) is 8.78 Å². The number of thioether (sulfide) groups is 1. The summed E-state index contributed by atoms with van der Waals surface area (Å²) in [6, 6.07) is 5.77. The number of halogens is 2. The molecule has 2 rings (SSSR count). The van der Waals surface area contributed by atoms with Gasteiger partial charge >= 0.3 is 12.0 Å². The van der Waals surface area contributed by atoms with E-state index in [0.717, 1.165) is 0 Å². The Morgan fingerprint density at radius 1 is 1.41 bits per heavy atom. The number of anilines is 1. The van der Waals surface area contributed by atoms with Crippen LogP contribution in [-0.4, -0.2) is 40.9 Å². The molecule has 120 valence electrons. The number of piperidine rings is 1. The van der Waals surface area contributed by atoms with Crippen LogP contribution in [0.2, 0.25) is 0 Å². The molecular weight excluding hydrogens is 314 g/mol. The minimum absolute atomic E-state index is 0.159. The Bertz CT molecular complexity index is 557. The number of alkyl halides is 2. The van der Waals surface area contributed by atoms with Gasteiger partial charge in [0.2, 0.25) is 0 Å². The van der Waals surface area contributed by atoms with Crippen LogP contribution in [0, 0.1) is 5.92 Å². The van der Waals surface area contributed by atoms with E-state index in [4.69, 9.17) is 5.11 Å². The zero-order chi connectivity index (χ0) is 16.1. The zero-order valence-corrected chi connectivity index (χ0v) is 12.5. The number of aliphatic carboxylic acids is 1. The normalized spacial score (nSPS) is 18.3. The first-order chi connectivity index (χ1) is 10.5. The molecule has 5 nitrogen and oxygen atoms in total. The topological polar surface area (TPSA) is 69.6 Å². The molecule has 0 bridgehead atoms. The Kier molecular flexibility index (Phi) is 5.59. The van der Waals surface area contributed by atoms with Crippen molar-refractivity contribution in [2.45, 2.75) is 23.5 Å². The zero-order valence-electron chi connectivity index (χ0n) is 11.7. The lowest BCUT2D eigenvalue weighted by atomic mass is 9.99. The van der Waals surface area contributed by atoms with Crippen molar-refractivity contribution in [2.75, 3.05) is 18.4 Å². The summed E-state index contributed by atoms with van der Waals surface area (Å²) in [5, 5.41) is 11.6. The number of carbonyl (C=O) groups excluding carboxylic acids is 1. The van der Waals surface area contributed by atoms with Crippen LogP contribution >= 0.6 is 11.8 Å². The monoisotopic (exact) mass is 330 g/mol. The van der Waals surface area contributed by atoms with Crippen LogP contribution in [0.1, 0.15) is 12.8 Å². The largest absolute Gasteiger partial charge is 0.481 e. The minimum Gasteiger partial charge on any atom is -0.481 e. The smallest absolute Gasteiger partial charge is 0.321 e. The van der Waals surface area contributed by atoms with Gasteiger partial charge in [-0.05, 0) is 31.0 Å². The van der Waals surface area contributed by atoms with Gasteiger partial charge in [0.1, 0.15) is 0 Å². The Morgan fingerprint density at radius 3 is 2.86 bits per heavy atom. The minimum atomic E-state index is -2.52. The quantitative estimate of drug-likeness (QED) is 0.831. The van der Waals surface area contributed by atoms with Gasteiger partial charge in [-0.25, -0.2) is 4.79 Å². The average molecular weight is 330 g/mol. The molecule has 0 radical (unpaired) electrons. The first-order valence-electron chi connectivity index (χ1n) is 6.79. The van der Waals surface area contributed by atoms with Crippen molar-refractivity contribution in [3.8, 4) is 0 Å². The summed E-state index contributed by atoms with van der Waals surface area (Å²) < 4.78 is 24.7. The van der Waals surface area contributed by atoms with Crippen LogP contribution in [0.3, 0.4) is 0 Å². The Morgan fingerprint density at radius 2 is 2.18 bits per heavy atom. The summed E-state index contributed by atoms with van der Waals surface area (Å²) in [7, 11) is 0. The molecular formula is C14H16F2N2O3S. The van der Waals surface area contributed by atoms with Crippen LogP contribution in [0.5, 0.6) is 0 Å². The lowest BCUT2D eigenvalue weighted by Crippen LogP contribution is -2.44. The van der Waals surface area contributed by atoms with E-state index in [1.54, 1.807) is 12.1 Å². The molecule has 1 unspecified atom stereocenters. The van der Waals surface area contributed by atoms with Gasteiger partial charge in [0, 0.05) is 23.7 Å². The number of carboxylic acids is 1. The lowest BCUT2D eigenvalue weighted by molar-refractivity contribution is -0.143. The maximum atomic E-state index is 12.3. The number of nitrogens with zero attached hydrogens (tertiary/aromatic N) is 1. The van der Waals surface area contributed by atoms with E-state index in [1.807, 2.05) is 0 Å². The molecule has 22 heavy (non-hydrogen) atoms.